The molecule has 4 rings (SSSR count). The third-order valence-corrected chi connectivity index (χ3v) is 5.06. The SMILES string of the molecule is CC(=O)N1C[C@]23C=C[C@H](C[C@H]2C[C@H]1c1ccccc1)O3. The number of hydrogen-bond acceptors (Lipinski definition) is 2. The van der Waals surface area contributed by atoms with E-state index in [1.54, 1.807) is 6.92 Å². The van der Waals surface area contributed by atoms with Gasteiger partial charge in [0.25, 0.3) is 0 Å². The lowest BCUT2D eigenvalue weighted by Gasteiger charge is -2.46. The molecule has 1 aromatic rings. The van der Waals surface area contributed by atoms with E-state index < -0.39 is 0 Å². The molecule has 1 aromatic carbocycles. The first kappa shape index (κ1) is 12.2. The molecule has 2 fully saturated rings. The van der Waals surface area contributed by atoms with Crippen molar-refractivity contribution in [3.05, 3.63) is 48.0 Å². The minimum Gasteiger partial charge on any atom is -0.361 e. The van der Waals surface area contributed by atoms with Crippen LogP contribution in [0.25, 0.3) is 0 Å². The van der Waals surface area contributed by atoms with Crippen LogP contribution in [-0.2, 0) is 9.53 Å². The van der Waals surface area contributed by atoms with Crippen molar-refractivity contribution in [3.63, 3.8) is 0 Å². The van der Waals surface area contributed by atoms with Gasteiger partial charge in [-0.1, -0.05) is 42.5 Å². The number of likely N-dealkylation sites (tertiary alicyclic amines) is 1. The average Bonchev–Trinajstić information content (AvgIpc) is 3.02. The lowest BCUT2D eigenvalue weighted by atomic mass is 9.74. The maximum absolute atomic E-state index is 12.1. The molecule has 0 aromatic heterocycles. The number of piperidine rings is 1. The molecule has 3 heteroatoms. The fraction of sp³-hybridized carbons (Fsp3) is 0.471. The monoisotopic (exact) mass is 269 g/mol. The van der Waals surface area contributed by atoms with Gasteiger partial charge in [0.1, 0.15) is 5.60 Å². The van der Waals surface area contributed by atoms with E-state index in [0.29, 0.717) is 12.5 Å². The van der Waals surface area contributed by atoms with E-state index >= 15 is 0 Å². The van der Waals surface area contributed by atoms with Gasteiger partial charge in [-0.05, 0) is 24.3 Å². The highest BCUT2D eigenvalue weighted by molar-refractivity contribution is 5.74. The van der Waals surface area contributed by atoms with Gasteiger partial charge in [0.15, 0.2) is 0 Å². The number of fused-ring (bicyclic) bond motifs is 1. The van der Waals surface area contributed by atoms with Crippen molar-refractivity contribution < 1.29 is 9.53 Å². The Balaban J connectivity index is 1.70. The van der Waals surface area contributed by atoms with E-state index in [4.69, 9.17) is 4.74 Å². The zero-order valence-electron chi connectivity index (χ0n) is 11.7. The zero-order chi connectivity index (χ0) is 13.7. The van der Waals surface area contributed by atoms with Crippen LogP contribution >= 0.6 is 0 Å². The largest absolute Gasteiger partial charge is 0.361 e. The van der Waals surface area contributed by atoms with Crippen LogP contribution in [0.2, 0.25) is 0 Å². The highest BCUT2D eigenvalue weighted by atomic mass is 16.5. The normalized spacial score (nSPS) is 38.0. The second-order valence-electron chi connectivity index (χ2n) is 6.21. The van der Waals surface area contributed by atoms with Crippen LogP contribution in [0.5, 0.6) is 0 Å². The molecule has 1 spiro atoms. The molecule has 2 bridgehead atoms. The first-order chi connectivity index (χ1) is 9.68. The van der Waals surface area contributed by atoms with Crippen LogP contribution in [0.1, 0.15) is 31.4 Å². The van der Waals surface area contributed by atoms with E-state index in [-0.39, 0.29) is 23.7 Å². The van der Waals surface area contributed by atoms with Crippen molar-refractivity contribution >= 4 is 5.91 Å². The van der Waals surface area contributed by atoms with Gasteiger partial charge in [0, 0.05) is 6.92 Å². The van der Waals surface area contributed by atoms with Crippen LogP contribution in [0.15, 0.2) is 42.5 Å². The maximum Gasteiger partial charge on any atom is 0.220 e. The fourth-order valence-electron chi connectivity index (χ4n) is 4.08. The summed E-state index contributed by atoms with van der Waals surface area (Å²) in [5.74, 6) is 0.678. The summed E-state index contributed by atoms with van der Waals surface area (Å²) < 4.78 is 6.12. The highest BCUT2D eigenvalue weighted by Crippen LogP contribution is 2.51. The Bertz CT molecular complexity index is 568. The Kier molecular flexibility index (Phi) is 2.55. The van der Waals surface area contributed by atoms with E-state index in [1.165, 1.54) is 5.56 Å². The predicted molar refractivity (Wildman–Crippen MR) is 76.0 cm³/mol. The summed E-state index contributed by atoms with van der Waals surface area (Å²) >= 11 is 0. The summed E-state index contributed by atoms with van der Waals surface area (Å²) in [5.41, 5.74) is 1.03. The Morgan fingerprint density at radius 2 is 2.10 bits per heavy atom. The molecule has 104 valence electrons. The first-order valence-corrected chi connectivity index (χ1v) is 7.37. The van der Waals surface area contributed by atoms with Gasteiger partial charge >= 0.3 is 0 Å². The molecule has 0 saturated carbocycles. The van der Waals surface area contributed by atoms with Gasteiger partial charge in [0.05, 0.1) is 18.7 Å². The van der Waals surface area contributed by atoms with Crippen LogP contribution in [0.4, 0.5) is 0 Å². The van der Waals surface area contributed by atoms with Gasteiger partial charge in [-0.2, -0.15) is 0 Å². The van der Waals surface area contributed by atoms with Gasteiger partial charge in [-0.15, -0.1) is 0 Å². The molecule has 3 aliphatic rings. The van der Waals surface area contributed by atoms with Crippen LogP contribution in [0.3, 0.4) is 0 Å². The third kappa shape index (κ3) is 1.66. The molecule has 20 heavy (non-hydrogen) atoms. The lowest BCUT2D eigenvalue weighted by Crippen LogP contribution is -2.53. The average molecular weight is 269 g/mol. The van der Waals surface area contributed by atoms with Crippen molar-refractivity contribution in [2.75, 3.05) is 6.54 Å². The van der Waals surface area contributed by atoms with E-state index in [9.17, 15) is 4.79 Å². The Labute approximate surface area is 119 Å². The quantitative estimate of drug-likeness (QED) is 0.734. The van der Waals surface area contributed by atoms with Crippen LogP contribution in [0, 0.1) is 5.92 Å². The van der Waals surface area contributed by atoms with E-state index in [2.05, 4.69) is 36.4 Å². The molecule has 0 aliphatic carbocycles. The smallest absolute Gasteiger partial charge is 0.220 e. The van der Waals surface area contributed by atoms with E-state index in [0.717, 1.165) is 12.8 Å². The Hall–Kier alpha value is -1.61. The molecule has 0 unspecified atom stereocenters. The summed E-state index contributed by atoms with van der Waals surface area (Å²) in [6.45, 7) is 2.36. The molecular formula is C17H19NO2. The van der Waals surface area contributed by atoms with Crippen molar-refractivity contribution in [1.82, 2.24) is 4.90 Å². The fourth-order valence-corrected chi connectivity index (χ4v) is 4.08. The number of nitrogens with zero attached hydrogens (tertiary/aromatic N) is 1. The van der Waals surface area contributed by atoms with Crippen molar-refractivity contribution in [1.29, 1.82) is 0 Å². The molecule has 0 radical (unpaired) electrons. The number of carbonyl (C=O) groups is 1. The van der Waals surface area contributed by atoms with E-state index in [1.807, 2.05) is 11.0 Å². The standard InChI is InChI=1S/C17H19NO2/c1-12(19)18-11-17-8-7-15(20-17)9-14(17)10-16(18)13-5-3-2-4-6-13/h2-8,14-16H,9-11H2,1H3/t14-,15+,16-,17+/m0/s1. The topological polar surface area (TPSA) is 29.5 Å². The second-order valence-corrected chi connectivity index (χ2v) is 6.21. The van der Waals surface area contributed by atoms with Crippen molar-refractivity contribution in [3.8, 4) is 0 Å². The third-order valence-electron chi connectivity index (χ3n) is 5.06. The second kappa shape index (κ2) is 4.19. The highest BCUT2D eigenvalue weighted by Gasteiger charge is 2.55. The molecule has 2 saturated heterocycles. The predicted octanol–water partition coefficient (Wildman–Crippen LogP) is 2.69. The molecule has 3 aliphatic heterocycles. The Morgan fingerprint density at radius 1 is 1.30 bits per heavy atom. The number of ether oxygens (including phenoxy) is 1. The van der Waals surface area contributed by atoms with Gasteiger partial charge < -0.3 is 9.64 Å². The van der Waals surface area contributed by atoms with Crippen molar-refractivity contribution in [2.24, 2.45) is 5.92 Å². The summed E-state index contributed by atoms with van der Waals surface area (Å²) in [6, 6.07) is 10.6. The summed E-state index contributed by atoms with van der Waals surface area (Å²) in [5, 5.41) is 0. The number of rotatable bonds is 1. The molecule has 3 heterocycles. The number of benzene rings is 1. The van der Waals surface area contributed by atoms with Gasteiger partial charge in [-0.3, -0.25) is 4.79 Å². The van der Waals surface area contributed by atoms with Crippen LogP contribution in [-0.4, -0.2) is 29.1 Å². The zero-order valence-corrected chi connectivity index (χ0v) is 11.7. The molecular weight excluding hydrogens is 250 g/mol. The molecule has 1 amide bonds. The summed E-state index contributed by atoms with van der Waals surface area (Å²) in [6.07, 6.45) is 6.74. The molecule has 4 atom stereocenters. The lowest BCUT2D eigenvalue weighted by molar-refractivity contribution is -0.140. The van der Waals surface area contributed by atoms with Gasteiger partial charge in [0.2, 0.25) is 5.91 Å². The summed E-state index contributed by atoms with van der Waals surface area (Å²) in [4.78, 5) is 14.1. The minimum atomic E-state index is -0.207. The number of carbonyl (C=O) groups excluding carboxylic acids is 1. The minimum absolute atomic E-state index is 0.138. The first-order valence-electron chi connectivity index (χ1n) is 7.37. The molecule has 3 nitrogen and oxygen atoms in total. The van der Waals surface area contributed by atoms with Gasteiger partial charge in [-0.25, -0.2) is 0 Å². The summed E-state index contributed by atoms with van der Waals surface area (Å²) in [7, 11) is 0. The molecule has 0 N–H and O–H groups in total. The Morgan fingerprint density at radius 3 is 2.80 bits per heavy atom. The number of hydrogen-bond donors (Lipinski definition) is 0. The van der Waals surface area contributed by atoms with Crippen LogP contribution < -0.4 is 0 Å². The number of amides is 1. The van der Waals surface area contributed by atoms with Crippen molar-refractivity contribution in [2.45, 2.75) is 37.5 Å². The maximum atomic E-state index is 12.1.